The van der Waals surface area contributed by atoms with Crippen LogP contribution in [0.4, 0.5) is 11.8 Å². The Labute approximate surface area is 110 Å². The van der Waals surface area contributed by atoms with E-state index in [-0.39, 0.29) is 0 Å². The molecule has 0 saturated carbocycles. The second kappa shape index (κ2) is 7.87. The fourth-order valence-corrected chi connectivity index (χ4v) is 1.90. The highest BCUT2D eigenvalue weighted by molar-refractivity contribution is 5.39. The Balaban J connectivity index is 2.21. The molecule has 5 heteroatoms. The van der Waals surface area contributed by atoms with E-state index in [0.29, 0.717) is 5.95 Å². The van der Waals surface area contributed by atoms with E-state index in [1.165, 1.54) is 13.0 Å². The number of nitrogens with two attached hydrogens (primary N) is 1. The SMILES string of the molecule is CCN(CC)CCCCNc1cc(C)nc(N)n1. The van der Waals surface area contributed by atoms with E-state index in [4.69, 9.17) is 5.73 Å². The molecule has 0 aliphatic heterocycles. The van der Waals surface area contributed by atoms with Gasteiger partial charge in [-0.25, -0.2) is 4.98 Å². The lowest BCUT2D eigenvalue weighted by molar-refractivity contribution is 0.298. The first-order valence-electron chi connectivity index (χ1n) is 6.73. The van der Waals surface area contributed by atoms with Crippen molar-refractivity contribution in [2.24, 2.45) is 0 Å². The molecule has 0 aromatic carbocycles. The van der Waals surface area contributed by atoms with Gasteiger partial charge in [0.25, 0.3) is 0 Å². The Kier molecular flexibility index (Phi) is 6.43. The maximum Gasteiger partial charge on any atom is 0.222 e. The molecule has 0 spiro atoms. The third kappa shape index (κ3) is 5.31. The number of rotatable bonds is 8. The molecule has 1 aromatic rings. The van der Waals surface area contributed by atoms with Crippen LogP contribution >= 0.6 is 0 Å². The van der Waals surface area contributed by atoms with Crippen molar-refractivity contribution in [3.8, 4) is 0 Å². The standard InChI is InChI=1S/C13H25N5/c1-4-18(5-2)9-7-6-8-15-12-10-11(3)16-13(14)17-12/h10H,4-9H2,1-3H3,(H3,14,15,16,17). The van der Waals surface area contributed by atoms with E-state index in [0.717, 1.165) is 37.6 Å². The van der Waals surface area contributed by atoms with Crippen molar-refractivity contribution in [2.45, 2.75) is 33.6 Å². The van der Waals surface area contributed by atoms with Crippen LogP contribution in [0.25, 0.3) is 0 Å². The molecule has 0 unspecified atom stereocenters. The molecule has 0 saturated heterocycles. The minimum atomic E-state index is 0.334. The molecule has 0 fully saturated rings. The zero-order valence-corrected chi connectivity index (χ0v) is 11.7. The van der Waals surface area contributed by atoms with Gasteiger partial charge in [-0.1, -0.05) is 13.8 Å². The minimum Gasteiger partial charge on any atom is -0.370 e. The summed E-state index contributed by atoms with van der Waals surface area (Å²) in [7, 11) is 0. The highest BCUT2D eigenvalue weighted by atomic mass is 15.1. The third-order valence-corrected chi connectivity index (χ3v) is 2.97. The molecule has 0 aliphatic rings. The molecule has 0 bridgehead atoms. The minimum absolute atomic E-state index is 0.334. The Hall–Kier alpha value is -1.36. The fourth-order valence-electron chi connectivity index (χ4n) is 1.90. The first kappa shape index (κ1) is 14.7. The molecule has 1 aromatic heterocycles. The van der Waals surface area contributed by atoms with Gasteiger partial charge in [-0.15, -0.1) is 0 Å². The number of unbranched alkanes of at least 4 members (excludes halogenated alkanes) is 1. The van der Waals surface area contributed by atoms with Gasteiger partial charge in [-0.2, -0.15) is 4.98 Å². The van der Waals surface area contributed by atoms with Gasteiger partial charge in [0.2, 0.25) is 5.95 Å². The number of hydrogen-bond donors (Lipinski definition) is 2. The van der Waals surface area contributed by atoms with E-state index in [1.54, 1.807) is 0 Å². The number of hydrogen-bond acceptors (Lipinski definition) is 5. The molecule has 0 atom stereocenters. The van der Waals surface area contributed by atoms with Crippen LogP contribution in [-0.2, 0) is 0 Å². The van der Waals surface area contributed by atoms with Gasteiger partial charge in [0.05, 0.1) is 0 Å². The van der Waals surface area contributed by atoms with Gasteiger partial charge >= 0.3 is 0 Å². The topological polar surface area (TPSA) is 67.1 Å². The van der Waals surface area contributed by atoms with Crippen molar-refractivity contribution in [2.75, 3.05) is 37.2 Å². The summed E-state index contributed by atoms with van der Waals surface area (Å²) in [6.07, 6.45) is 2.34. The normalized spacial score (nSPS) is 10.9. The Morgan fingerprint density at radius 3 is 2.56 bits per heavy atom. The molecular formula is C13H25N5. The van der Waals surface area contributed by atoms with Gasteiger partial charge in [0.1, 0.15) is 5.82 Å². The summed E-state index contributed by atoms with van der Waals surface area (Å²) in [6, 6.07) is 1.92. The summed E-state index contributed by atoms with van der Waals surface area (Å²) < 4.78 is 0. The van der Waals surface area contributed by atoms with E-state index in [2.05, 4.69) is 34.0 Å². The third-order valence-electron chi connectivity index (χ3n) is 2.97. The van der Waals surface area contributed by atoms with Crippen molar-refractivity contribution in [1.82, 2.24) is 14.9 Å². The second-order valence-corrected chi connectivity index (χ2v) is 4.41. The Morgan fingerprint density at radius 1 is 1.22 bits per heavy atom. The van der Waals surface area contributed by atoms with Crippen LogP contribution in [0.3, 0.4) is 0 Å². The summed E-state index contributed by atoms with van der Waals surface area (Å²) in [5.74, 6) is 1.16. The van der Waals surface area contributed by atoms with E-state index in [9.17, 15) is 0 Å². The van der Waals surface area contributed by atoms with Crippen molar-refractivity contribution in [1.29, 1.82) is 0 Å². The maximum atomic E-state index is 5.60. The Morgan fingerprint density at radius 2 is 1.94 bits per heavy atom. The monoisotopic (exact) mass is 251 g/mol. The van der Waals surface area contributed by atoms with Crippen LogP contribution in [0.5, 0.6) is 0 Å². The molecule has 5 nitrogen and oxygen atoms in total. The first-order chi connectivity index (χ1) is 8.65. The van der Waals surface area contributed by atoms with Crippen LogP contribution in [0.15, 0.2) is 6.07 Å². The maximum absolute atomic E-state index is 5.60. The summed E-state index contributed by atoms with van der Waals surface area (Å²) in [5.41, 5.74) is 6.49. The largest absolute Gasteiger partial charge is 0.370 e. The van der Waals surface area contributed by atoms with Crippen LogP contribution in [0, 0.1) is 6.92 Å². The average Bonchev–Trinajstić information content (AvgIpc) is 2.32. The molecule has 102 valence electrons. The number of nitrogens with one attached hydrogen (secondary N) is 1. The lowest BCUT2D eigenvalue weighted by atomic mass is 10.3. The van der Waals surface area contributed by atoms with Gasteiger partial charge in [-0.3, -0.25) is 0 Å². The van der Waals surface area contributed by atoms with Gasteiger partial charge in [0.15, 0.2) is 0 Å². The molecule has 0 amide bonds. The van der Waals surface area contributed by atoms with Gasteiger partial charge < -0.3 is 16.0 Å². The van der Waals surface area contributed by atoms with Crippen molar-refractivity contribution < 1.29 is 0 Å². The van der Waals surface area contributed by atoms with Gasteiger partial charge in [0, 0.05) is 18.3 Å². The molecule has 3 N–H and O–H groups in total. The number of nitrogen functional groups attached to an aromatic ring is 1. The van der Waals surface area contributed by atoms with E-state index >= 15 is 0 Å². The predicted molar refractivity (Wildman–Crippen MR) is 76.7 cm³/mol. The molecular weight excluding hydrogens is 226 g/mol. The van der Waals surface area contributed by atoms with Crippen molar-refractivity contribution in [3.05, 3.63) is 11.8 Å². The summed E-state index contributed by atoms with van der Waals surface area (Å²) in [6.45, 7) is 10.7. The highest BCUT2D eigenvalue weighted by Crippen LogP contribution is 2.07. The Bertz CT molecular complexity index is 329. The summed E-state index contributed by atoms with van der Waals surface area (Å²) in [5, 5.41) is 3.29. The van der Waals surface area contributed by atoms with Crippen LogP contribution in [0.2, 0.25) is 0 Å². The smallest absolute Gasteiger partial charge is 0.222 e. The number of aromatic nitrogens is 2. The zero-order chi connectivity index (χ0) is 13.4. The predicted octanol–water partition coefficient (Wildman–Crippen LogP) is 1.90. The number of nitrogens with zero attached hydrogens (tertiary/aromatic N) is 3. The van der Waals surface area contributed by atoms with Crippen LogP contribution < -0.4 is 11.1 Å². The first-order valence-corrected chi connectivity index (χ1v) is 6.73. The fraction of sp³-hybridized carbons (Fsp3) is 0.692. The van der Waals surface area contributed by atoms with Crippen molar-refractivity contribution in [3.63, 3.8) is 0 Å². The quantitative estimate of drug-likeness (QED) is 0.691. The second-order valence-electron chi connectivity index (χ2n) is 4.41. The molecule has 1 rings (SSSR count). The zero-order valence-electron chi connectivity index (χ0n) is 11.7. The lowest BCUT2D eigenvalue weighted by Crippen LogP contribution is -2.24. The van der Waals surface area contributed by atoms with Crippen molar-refractivity contribution >= 4 is 11.8 Å². The van der Waals surface area contributed by atoms with E-state index in [1.807, 2.05) is 13.0 Å². The highest BCUT2D eigenvalue weighted by Gasteiger charge is 2.00. The molecule has 0 radical (unpaired) electrons. The van der Waals surface area contributed by atoms with E-state index < -0.39 is 0 Å². The molecule has 18 heavy (non-hydrogen) atoms. The summed E-state index contributed by atoms with van der Waals surface area (Å²) in [4.78, 5) is 10.6. The molecule has 1 heterocycles. The average molecular weight is 251 g/mol. The lowest BCUT2D eigenvalue weighted by Gasteiger charge is -2.17. The number of aryl methyl sites for hydroxylation is 1. The van der Waals surface area contributed by atoms with Crippen LogP contribution in [-0.4, -0.2) is 41.0 Å². The number of anilines is 2. The molecule has 0 aliphatic carbocycles. The van der Waals surface area contributed by atoms with Crippen LogP contribution in [0.1, 0.15) is 32.4 Å². The summed E-state index contributed by atoms with van der Waals surface area (Å²) >= 11 is 0. The van der Waals surface area contributed by atoms with Gasteiger partial charge in [-0.05, 0) is 39.4 Å².